The number of carbonyl (C=O) groups excluding carboxylic acids is 1. The van der Waals surface area contributed by atoms with Gasteiger partial charge < -0.3 is 15.5 Å². The standard InChI is InChI=1S/C18H25N5OS/c1-11-12(2)25-17-15(11)16(20-10-21-17)22-6-3-13(4-7-22)18(24)23-8-5-14(19)9-23/h10,13-14H,3-9,19H2,1-2H3/t14-/m1/s1. The largest absolute Gasteiger partial charge is 0.356 e. The molecule has 2 saturated heterocycles. The molecule has 0 bridgehead atoms. The molecule has 4 rings (SSSR count). The SMILES string of the molecule is Cc1sc2ncnc(N3CCC(C(=O)N4CC[C@@H](N)C4)CC3)c2c1C. The second-order valence-electron chi connectivity index (χ2n) is 7.26. The van der Waals surface area contributed by atoms with Crippen LogP contribution in [0.5, 0.6) is 0 Å². The van der Waals surface area contributed by atoms with Crippen LogP contribution in [-0.4, -0.2) is 53.0 Å². The van der Waals surface area contributed by atoms with E-state index in [0.29, 0.717) is 5.91 Å². The molecular formula is C18H25N5OS. The first-order valence-electron chi connectivity index (χ1n) is 9.04. The zero-order chi connectivity index (χ0) is 17.6. The van der Waals surface area contributed by atoms with Crippen LogP contribution >= 0.6 is 11.3 Å². The second kappa shape index (κ2) is 6.53. The second-order valence-corrected chi connectivity index (χ2v) is 8.46. The van der Waals surface area contributed by atoms with E-state index in [-0.39, 0.29) is 12.0 Å². The Morgan fingerprint density at radius 1 is 1.20 bits per heavy atom. The van der Waals surface area contributed by atoms with E-state index in [2.05, 4.69) is 28.7 Å². The van der Waals surface area contributed by atoms with E-state index in [1.165, 1.54) is 15.8 Å². The van der Waals surface area contributed by atoms with E-state index in [9.17, 15) is 4.79 Å². The van der Waals surface area contributed by atoms with Gasteiger partial charge in [-0.1, -0.05) is 0 Å². The van der Waals surface area contributed by atoms with Crippen molar-refractivity contribution >= 4 is 33.3 Å². The molecule has 134 valence electrons. The van der Waals surface area contributed by atoms with Crippen molar-refractivity contribution < 1.29 is 4.79 Å². The van der Waals surface area contributed by atoms with Crippen LogP contribution in [0, 0.1) is 19.8 Å². The van der Waals surface area contributed by atoms with Crippen molar-refractivity contribution in [2.24, 2.45) is 11.7 Å². The summed E-state index contributed by atoms with van der Waals surface area (Å²) in [4.78, 5) is 28.3. The average Bonchev–Trinajstić information content (AvgIpc) is 3.18. The van der Waals surface area contributed by atoms with Crippen molar-refractivity contribution in [1.29, 1.82) is 0 Å². The number of amides is 1. The Bertz CT molecular complexity index is 796. The highest BCUT2D eigenvalue weighted by Gasteiger charge is 2.32. The first kappa shape index (κ1) is 16.7. The number of carbonyl (C=O) groups is 1. The van der Waals surface area contributed by atoms with Gasteiger partial charge in [-0.3, -0.25) is 4.79 Å². The number of aryl methyl sites for hydroxylation is 2. The zero-order valence-corrected chi connectivity index (χ0v) is 15.7. The molecule has 1 atom stereocenters. The zero-order valence-electron chi connectivity index (χ0n) is 14.9. The Morgan fingerprint density at radius 3 is 2.64 bits per heavy atom. The van der Waals surface area contributed by atoms with Gasteiger partial charge in [0.05, 0.1) is 5.39 Å². The Morgan fingerprint density at radius 2 is 1.96 bits per heavy atom. The van der Waals surface area contributed by atoms with Crippen LogP contribution in [-0.2, 0) is 4.79 Å². The van der Waals surface area contributed by atoms with Crippen molar-refractivity contribution in [3.05, 3.63) is 16.8 Å². The molecule has 2 aliphatic heterocycles. The molecule has 2 N–H and O–H groups in total. The fourth-order valence-electron chi connectivity index (χ4n) is 3.99. The monoisotopic (exact) mass is 359 g/mol. The van der Waals surface area contributed by atoms with Gasteiger partial charge in [-0.15, -0.1) is 11.3 Å². The number of fused-ring (bicyclic) bond motifs is 1. The van der Waals surface area contributed by atoms with Crippen LogP contribution in [0.4, 0.5) is 5.82 Å². The quantitative estimate of drug-likeness (QED) is 0.888. The Kier molecular flexibility index (Phi) is 4.37. The fraction of sp³-hybridized carbons (Fsp3) is 0.611. The number of thiophene rings is 1. The van der Waals surface area contributed by atoms with Crippen LogP contribution in [0.25, 0.3) is 10.2 Å². The normalized spacial score (nSPS) is 22.1. The Labute approximate surface area is 152 Å². The molecule has 0 aromatic carbocycles. The van der Waals surface area contributed by atoms with Gasteiger partial charge in [-0.05, 0) is 38.7 Å². The Hall–Kier alpha value is -1.73. The Balaban J connectivity index is 1.48. The molecule has 2 aromatic heterocycles. The summed E-state index contributed by atoms with van der Waals surface area (Å²) >= 11 is 1.73. The molecule has 2 fully saturated rings. The summed E-state index contributed by atoms with van der Waals surface area (Å²) in [6.45, 7) is 7.57. The van der Waals surface area contributed by atoms with Crippen molar-refractivity contribution in [3.63, 3.8) is 0 Å². The third-order valence-corrected chi connectivity index (χ3v) is 6.74. The number of aromatic nitrogens is 2. The molecule has 0 saturated carbocycles. The average molecular weight is 359 g/mol. The number of piperidine rings is 1. The summed E-state index contributed by atoms with van der Waals surface area (Å²) < 4.78 is 0. The van der Waals surface area contributed by atoms with Crippen LogP contribution in [0.2, 0.25) is 0 Å². The van der Waals surface area contributed by atoms with E-state index in [1.54, 1.807) is 17.7 Å². The summed E-state index contributed by atoms with van der Waals surface area (Å²) in [5.74, 6) is 1.45. The van der Waals surface area contributed by atoms with Gasteiger partial charge in [0, 0.05) is 43.0 Å². The maximum absolute atomic E-state index is 12.7. The number of hydrogen-bond acceptors (Lipinski definition) is 6. The molecule has 2 aliphatic rings. The molecule has 6 nitrogen and oxygen atoms in total. The smallest absolute Gasteiger partial charge is 0.225 e. The third kappa shape index (κ3) is 3.00. The molecule has 0 aliphatic carbocycles. The predicted molar refractivity (Wildman–Crippen MR) is 101 cm³/mol. The van der Waals surface area contributed by atoms with Gasteiger partial charge in [-0.2, -0.15) is 0 Å². The summed E-state index contributed by atoms with van der Waals surface area (Å²) in [7, 11) is 0. The van der Waals surface area contributed by atoms with E-state index in [1.807, 2.05) is 4.90 Å². The molecule has 0 spiro atoms. The van der Waals surface area contributed by atoms with Gasteiger partial charge in [0.15, 0.2) is 0 Å². The molecule has 1 amide bonds. The molecule has 4 heterocycles. The minimum atomic E-state index is 0.129. The van der Waals surface area contributed by atoms with Crippen LogP contribution in [0.3, 0.4) is 0 Å². The third-order valence-electron chi connectivity index (χ3n) is 5.63. The molecule has 0 unspecified atom stereocenters. The van der Waals surface area contributed by atoms with Crippen molar-refractivity contribution in [1.82, 2.24) is 14.9 Å². The molecule has 25 heavy (non-hydrogen) atoms. The maximum Gasteiger partial charge on any atom is 0.225 e. The van der Waals surface area contributed by atoms with Crippen molar-refractivity contribution in [2.75, 3.05) is 31.1 Å². The number of nitrogens with zero attached hydrogens (tertiary/aromatic N) is 4. The summed E-state index contributed by atoms with van der Waals surface area (Å²) in [6.07, 6.45) is 4.37. The number of rotatable bonds is 2. The highest BCUT2D eigenvalue weighted by molar-refractivity contribution is 7.18. The maximum atomic E-state index is 12.7. The highest BCUT2D eigenvalue weighted by atomic mass is 32.1. The van der Waals surface area contributed by atoms with Gasteiger partial charge in [0.25, 0.3) is 0 Å². The summed E-state index contributed by atoms with van der Waals surface area (Å²) in [5, 5.41) is 1.18. The van der Waals surface area contributed by atoms with E-state index in [0.717, 1.165) is 56.1 Å². The number of likely N-dealkylation sites (tertiary alicyclic amines) is 1. The lowest BCUT2D eigenvalue weighted by Gasteiger charge is -2.34. The summed E-state index contributed by atoms with van der Waals surface area (Å²) in [6, 6.07) is 0.156. The van der Waals surface area contributed by atoms with E-state index < -0.39 is 0 Å². The lowest BCUT2D eigenvalue weighted by atomic mass is 9.95. The minimum absolute atomic E-state index is 0.129. The predicted octanol–water partition coefficient (Wildman–Crippen LogP) is 2.08. The topological polar surface area (TPSA) is 75.4 Å². The molecular weight excluding hydrogens is 334 g/mol. The van der Waals surface area contributed by atoms with E-state index >= 15 is 0 Å². The van der Waals surface area contributed by atoms with Crippen LogP contribution in [0.1, 0.15) is 29.7 Å². The number of anilines is 1. The number of nitrogens with two attached hydrogens (primary N) is 1. The molecule has 7 heteroatoms. The van der Waals surface area contributed by atoms with Gasteiger partial charge in [0.2, 0.25) is 5.91 Å². The van der Waals surface area contributed by atoms with Crippen molar-refractivity contribution in [2.45, 2.75) is 39.2 Å². The van der Waals surface area contributed by atoms with Gasteiger partial charge in [0.1, 0.15) is 17.0 Å². The first-order chi connectivity index (χ1) is 12.0. The summed E-state index contributed by atoms with van der Waals surface area (Å²) in [5.41, 5.74) is 7.22. The van der Waals surface area contributed by atoms with Crippen LogP contribution < -0.4 is 10.6 Å². The molecule has 2 aromatic rings. The lowest BCUT2D eigenvalue weighted by Crippen LogP contribution is -2.42. The minimum Gasteiger partial charge on any atom is -0.356 e. The lowest BCUT2D eigenvalue weighted by molar-refractivity contribution is -0.135. The van der Waals surface area contributed by atoms with Crippen LogP contribution in [0.15, 0.2) is 6.33 Å². The van der Waals surface area contributed by atoms with Gasteiger partial charge in [-0.25, -0.2) is 9.97 Å². The van der Waals surface area contributed by atoms with Crippen molar-refractivity contribution in [3.8, 4) is 0 Å². The van der Waals surface area contributed by atoms with E-state index in [4.69, 9.17) is 5.73 Å². The fourth-order valence-corrected chi connectivity index (χ4v) is 4.98. The van der Waals surface area contributed by atoms with Gasteiger partial charge >= 0.3 is 0 Å². The number of hydrogen-bond donors (Lipinski definition) is 1. The molecule has 0 radical (unpaired) electrons. The first-order valence-corrected chi connectivity index (χ1v) is 9.86. The highest BCUT2D eigenvalue weighted by Crippen LogP contribution is 2.35.